The summed E-state index contributed by atoms with van der Waals surface area (Å²) in [6.45, 7) is 2.03. The Hall–Kier alpha value is -1.52. The van der Waals surface area contributed by atoms with E-state index in [9.17, 15) is 4.79 Å². The highest BCUT2D eigenvalue weighted by molar-refractivity contribution is 6.05. The molecule has 0 aliphatic carbocycles. The van der Waals surface area contributed by atoms with Crippen molar-refractivity contribution in [3.63, 3.8) is 0 Å². The number of amides is 1. The van der Waals surface area contributed by atoms with Crippen molar-refractivity contribution in [2.45, 2.75) is 25.3 Å². The molecular formula is C16H21ClN2O2. The lowest BCUT2D eigenvalue weighted by Gasteiger charge is -2.26. The van der Waals surface area contributed by atoms with Crippen LogP contribution in [0.15, 0.2) is 34.9 Å². The normalized spacial score (nSPS) is 18.8. The highest BCUT2D eigenvalue weighted by Crippen LogP contribution is 2.23. The molecule has 0 saturated carbocycles. The highest BCUT2D eigenvalue weighted by atomic mass is 35.5. The third-order valence-corrected chi connectivity index (χ3v) is 4.12. The van der Waals surface area contributed by atoms with Gasteiger partial charge in [-0.1, -0.05) is 18.2 Å². The Labute approximate surface area is 130 Å². The van der Waals surface area contributed by atoms with Gasteiger partial charge in [-0.3, -0.25) is 4.79 Å². The number of carbonyl (C=O) groups excluding carboxylic acids is 1. The molecule has 1 N–H and O–H groups in total. The van der Waals surface area contributed by atoms with Gasteiger partial charge in [-0.25, -0.2) is 0 Å². The minimum absolute atomic E-state index is 0. The van der Waals surface area contributed by atoms with Crippen LogP contribution < -0.4 is 5.32 Å². The number of hydrogen-bond donors (Lipinski definition) is 1. The molecule has 1 unspecified atom stereocenters. The number of nitrogens with zero attached hydrogens (tertiary/aromatic N) is 1. The van der Waals surface area contributed by atoms with E-state index in [0.717, 1.165) is 43.3 Å². The van der Waals surface area contributed by atoms with E-state index in [1.807, 2.05) is 36.2 Å². The van der Waals surface area contributed by atoms with Gasteiger partial charge in [0.25, 0.3) is 5.91 Å². The Morgan fingerprint density at radius 1 is 1.29 bits per heavy atom. The molecule has 0 spiro atoms. The molecule has 114 valence electrons. The number of hydrogen-bond acceptors (Lipinski definition) is 3. The standard InChI is InChI=1S/C16H20N2O2.ClH/c1-18(12-5-4-9-17-10-8-12)16(19)14-11-20-15-7-3-2-6-13(14)15;/h2-3,6-7,11-12,17H,4-5,8-10H2,1H3;1H. The Kier molecular flexibility index (Phi) is 5.26. The maximum Gasteiger partial charge on any atom is 0.257 e. The van der Waals surface area contributed by atoms with E-state index >= 15 is 0 Å². The number of benzene rings is 1. The molecule has 2 aromatic rings. The van der Waals surface area contributed by atoms with E-state index < -0.39 is 0 Å². The van der Waals surface area contributed by atoms with Gasteiger partial charge in [0.1, 0.15) is 11.8 Å². The number of carbonyl (C=O) groups is 1. The number of halogens is 1. The van der Waals surface area contributed by atoms with E-state index in [4.69, 9.17) is 4.42 Å². The highest BCUT2D eigenvalue weighted by Gasteiger charge is 2.24. The third kappa shape index (κ3) is 3.22. The number of nitrogens with one attached hydrogen (secondary N) is 1. The molecule has 3 rings (SSSR count). The van der Waals surface area contributed by atoms with Gasteiger partial charge in [0.05, 0.1) is 5.56 Å². The molecule has 0 bridgehead atoms. The summed E-state index contributed by atoms with van der Waals surface area (Å²) in [7, 11) is 1.90. The Morgan fingerprint density at radius 2 is 2.10 bits per heavy atom. The smallest absolute Gasteiger partial charge is 0.257 e. The van der Waals surface area contributed by atoms with Gasteiger partial charge >= 0.3 is 0 Å². The van der Waals surface area contributed by atoms with Crippen LogP contribution in [0, 0.1) is 0 Å². The first-order valence-corrected chi connectivity index (χ1v) is 7.21. The molecule has 1 atom stereocenters. The Bertz CT molecular complexity index is 603. The number of furan rings is 1. The Morgan fingerprint density at radius 3 is 2.95 bits per heavy atom. The maximum absolute atomic E-state index is 12.7. The van der Waals surface area contributed by atoms with Crippen LogP contribution in [0.3, 0.4) is 0 Å². The van der Waals surface area contributed by atoms with Crippen molar-refractivity contribution >= 4 is 29.3 Å². The van der Waals surface area contributed by atoms with Gasteiger partial charge in [-0.05, 0) is 38.4 Å². The first-order valence-electron chi connectivity index (χ1n) is 7.21. The monoisotopic (exact) mass is 308 g/mol. The van der Waals surface area contributed by atoms with Crippen molar-refractivity contribution in [2.75, 3.05) is 20.1 Å². The summed E-state index contributed by atoms with van der Waals surface area (Å²) in [4.78, 5) is 14.6. The molecule has 0 radical (unpaired) electrons. The molecule has 21 heavy (non-hydrogen) atoms. The molecule has 1 saturated heterocycles. The quantitative estimate of drug-likeness (QED) is 0.927. The van der Waals surface area contributed by atoms with Crippen LogP contribution in [0.5, 0.6) is 0 Å². The summed E-state index contributed by atoms with van der Waals surface area (Å²) in [6, 6.07) is 7.99. The predicted molar refractivity (Wildman–Crippen MR) is 86.1 cm³/mol. The number of fused-ring (bicyclic) bond motifs is 1. The van der Waals surface area contributed by atoms with E-state index in [1.165, 1.54) is 0 Å². The number of rotatable bonds is 2. The summed E-state index contributed by atoms with van der Waals surface area (Å²) in [6.07, 6.45) is 4.77. The first-order chi connectivity index (χ1) is 9.77. The van der Waals surface area contributed by atoms with Crippen LogP contribution in [0.4, 0.5) is 0 Å². The summed E-state index contributed by atoms with van der Waals surface area (Å²) in [5.41, 5.74) is 1.44. The van der Waals surface area contributed by atoms with Gasteiger partial charge < -0.3 is 14.6 Å². The second kappa shape index (κ2) is 6.96. The van der Waals surface area contributed by atoms with Crippen LogP contribution in [0.2, 0.25) is 0 Å². The molecule has 4 nitrogen and oxygen atoms in total. The topological polar surface area (TPSA) is 45.5 Å². The van der Waals surface area contributed by atoms with E-state index in [1.54, 1.807) is 6.26 Å². The molecule has 1 aliphatic heterocycles. The summed E-state index contributed by atoms with van der Waals surface area (Å²) < 4.78 is 5.47. The van der Waals surface area contributed by atoms with E-state index in [2.05, 4.69) is 5.32 Å². The zero-order valence-corrected chi connectivity index (χ0v) is 13.0. The van der Waals surface area contributed by atoms with Gasteiger partial charge in [-0.15, -0.1) is 12.4 Å². The van der Waals surface area contributed by atoms with E-state index in [-0.39, 0.29) is 18.3 Å². The van der Waals surface area contributed by atoms with Crippen molar-refractivity contribution in [3.05, 3.63) is 36.1 Å². The fourth-order valence-electron chi connectivity index (χ4n) is 2.89. The predicted octanol–water partition coefficient (Wildman–Crippen LogP) is 3.07. The zero-order valence-electron chi connectivity index (χ0n) is 12.2. The minimum Gasteiger partial charge on any atom is -0.463 e. The minimum atomic E-state index is 0. The molecule has 2 heterocycles. The van der Waals surface area contributed by atoms with E-state index in [0.29, 0.717) is 11.6 Å². The fourth-order valence-corrected chi connectivity index (χ4v) is 2.89. The molecule has 1 amide bonds. The molecule has 1 fully saturated rings. The van der Waals surface area contributed by atoms with Crippen LogP contribution in [-0.2, 0) is 0 Å². The van der Waals surface area contributed by atoms with Gasteiger partial charge in [0.15, 0.2) is 0 Å². The molecular weight excluding hydrogens is 288 g/mol. The SMILES string of the molecule is CN(C(=O)c1coc2ccccc12)C1CCCNCC1.Cl. The third-order valence-electron chi connectivity index (χ3n) is 4.12. The fraction of sp³-hybridized carbons (Fsp3) is 0.438. The van der Waals surface area contributed by atoms with Crippen LogP contribution >= 0.6 is 12.4 Å². The lowest BCUT2D eigenvalue weighted by molar-refractivity contribution is 0.0721. The summed E-state index contributed by atoms with van der Waals surface area (Å²) >= 11 is 0. The zero-order chi connectivity index (χ0) is 13.9. The Balaban J connectivity index is 0.00000161. The van der Waals surface area contributed by atoms with Crippen molar-refractivity contribution in [1.82, 2.24) is 10.2 Å². The van der Waals surface area contributed by atoms with Crippen molar-refractivity contribution in [3.8, 4) is 0 Å². The molecule has 1 aromatic heterocycles. The van der Waals surface area contributed by atoms with Crippen LogP contribution in [0.1, 0.15) is 29.6 Å². The molecule has 5 heteroatoms. The largest absolute Gasteiger partial charge is 0.463 e. The second-order valence-electron chi connectivity index (χ2n) is 5.40. The van der Waals surface area contributed by atoms with Crippen LogP contribution in [-0.4, -0.2) is 37.0 Å². The lowest BCUT2D eigenvalue weighted by atomic mass is 10.1. The average Bonchev–Trinajstić information content (AvgIpc) is 2.72. The average molecular weight is 309 g/mol. The first kappa shape index (κ1) is 15.9. The van der Waals surface area contributed by atoms with Crippen molar-refractivity contribution in [1.29, 1.82) is 0 Å². The van der Waals surface area contributed by atoms with Gasteiger partial charge in [0.2, 0.25) is 0 Å². The summed E-state index contributed by atoms with van der Waals surface area (Å²) in [5, 5.41) is 4.28. The van der Waals surface area contributed by atoms with Gasteiger partial charge in [0, 0.05) is 18.5 Å². The maximum atomic E-state index is 12.7. The van der Waals surface area contributed by atoms with Crippen molar-refractivity contribution < 1.29 is 9.21 Å². The van der Waals surface area contributed by atoms with Gasteiger partial charge in [-0.2, -0.15) is 0 Å². The van der Waals surface area contributed by atoms with Crippen molar-refractivity contribution in [2.24, 2.45) is 0 Å². The summed E-state index contributed by atoms with van der Waals surface area (Å²) in [5.74, 6) is 0.0573. The lowest BCUT2D eigenvalue weighted by Crippen LogP contribution is -2.37. The second-order valence-corrected chi connectivity index (χ2v) is 5.40. The molecule has 1 aromatic carbocycles. The number of para-hydroxylation sites is 1. The van der Waals surface area contributed by atoms with Crippen LogP contribution in [0.25, 0.3) is 11.0 Å². The molecule has 1 aliphatic rings.